The third-order valence-corrected chi connectivity index (χ3v) is 8.80. The van der Waals surface area contributed by atoms with Crippen LogP contribution in [0.15, 0.2) is 97.5 Å². The fourth-order valence-corrected chi connectivity index (χ4v) is 6.66. The van der Waals surface area contributed by atoms with E-state index in [0.29, 0.717) is 17.4 Å². The molecule has 3 aromatic heterocycles. The number of rotatable bonds is 10. The number of ether oxygens (including phenoxy) is 1. The molecule has 0 saturated carbocycles. The molecule has 0 saturated heterocycles. The first-order valence-electron chi connectivity index (χ1n) is 16.7. The Balaban J connectivity index is 0.00000401. The maximum absolute atomic E-state index is 6.42. The van der Waals surface area contributed by atoms with E-state index in [2.05, 4.69) is 112 Å². The smallest absolute Gasteiger partial charge is 0.509 e. The van der Waals surface area contributed by atoms with Gasteiger partial charge >= 0.3 is 21.1 Å². The Morgan fingerprint density at radius 2 is 1.56 bits per heavy atom. The van der Waals surface area contributed by atoms with Crippen LogP contribution < -0.4 is 4.74 Å². The van der Waals surface area contributed by atoms with E-state index < -0.39 is 0 Å². The molecule has 7 rings (SSSR count). The average molecular weight is 812 g/mol. The van der Waals surface area contributed by atoms with Gasteiger partial charge in [-0.2, -0.15) is 17.2 Å². The molecule has 0 N–H and O–H groups in total. The summed E-state index contributed by atoms with van der Waals surface area (Å²) < 4.78 is 10.5. The number of hydrogen-bond donors (Lipinski definition) is 0. The first kappa shape index (κ1) is 33.4. The summed E-state index contributed by atoms with van der Waals surface area (Å²) in [6, 6.07) is 34.4. The topological polar surface area (TPSA) is 44.9 Å². The van der Waals surface area contributed by atoms with Gasteiger partial charge in [-0.25, -0.2) is 4.98 Å². The predicted octanol–water partition coefficient (Wildman–Crippen LogP) is 10.8. The van der Waals surface area contributed by atoms with Crippen LogP contribution in [0.5, 0.6) is 11.5 Å². The molecule has 4 aromatic carbocycles. The third-order valence-electron chi connectivity index (χ3n) is 8.80. The van der Waals surface area contributed by atoms with Crippen molar-refractivity contribution in [2.45, 2.75) is 66.2 Å². The molecule has 6 heteroatoms. The van der Waals surface area contributed by atoms with Crippen LogP contribution in [0, 0.1) is 19.1 Å². The first-order chi connectivity index (χ1) is 22.9. The van der Waals surface area contributed by atoms with Crippen molar-refractivity contribution in [1.82, 2.24) is 19.3 Å². The van der Waals surface area contributed by atoms with Gasteiger partial charge in [-0.15, -0.1) is 35.7 Å². The summed E-state index contributed by atoms with van der Waals surface area (Å²) in [4.78, 5) is 4.77. The third kappa shape index (κ3) is 6.49. The van der Waals surface area contributed by atoms with Crippen molar-refractivity contribution >= 4 is 21.8 Å². The van der Waals surface area contributed by atoms with E-state index in [1.165, 1.54) is 27.8 Å². The second kappa shape index (κ2) is 14.3. The Labute approximate surface area is 297 Å². The molecule has 7 aromatic rings. The van der Waals surface area contributed by atoms with Crippen molar-refractivity contribution in [2.75, 3.05) is 0 Å². The van der Waals surface area contributed by atoms with Gasteiger partial charge in [0.15, 0.2) is 0 Å². The van der Waals surface area contributed by atoms with Crippen molar-refractivity contribution in [3.05, 3.63) is 132 Å². The van der Waals surface area contributed by atoms with Crippen molar-refractivity contribution in [3.63, 3.8) is 0 Å². The second-order valence-electron chi connectivity index (χ2n) is 12.7. The number of benzene rings is 4. The summed E-state index contributed by atoms with van der Waals surface area (Å²) in [7, 11) is 0. The summed E-state index contributed by atoms with van der Waals surface area (Å²) in [6.07, 6.45) is 10.3. The van der Waals surface area contributed by atoms with Crippen molar-refractivity contribution in [2.24, 2.45) is 0 Å². The molecule has 5 nitrogen and oxygen atoms in total. The molecule has 3 heterocycles. The van der Waals surface area contributed by atoms with Gasteiger partial charge < -0.3 is 9.30 Å². The Bertz CT molecular complexity index is 2180. The second-order valence-corrected chi connectivity index (χ2v) is 12.7. The van der Waals surface area contributed by atoms with E-state index in [4.69, 9.17) is 14.8 Å². The van der Waals surface area contributed by atoms with Crippen molar-refractivity contribution in [1.29, 1.82) is 0 Å². The summed E-state index contributed by atoms with van der Waals surface area (Å²) in [5.41, 5.74) is 10.6. The quantitative estimate of drug-likeness (QED) is 0.129. The molecule has 244 valence electrons. The van der Waals surface area contributed by atoms with E-state index in [9.17, 15) is 0 Å². The maximum Gasteiger partial charge on any atom is 2.00 e. The summed E-state index contributed by atoms with van der Waals surface area (Å²) >= 11 is 0. The molecular weight excluding hydrogens is 772 g/mol. The predicted molar refractivity (Wildman–Crippen MR) is 192 cm³/mol. The Kier molecular flexibility index (Phi) is 9.98. The minimum Gasteiger partial charge on any atom is -0.509 e. The average Bonchev–Trinajstić information content (AvgIpc) is 3.68. The molecule has 0 fully saturated rings. The number of hydrogen-bond acceptors (Lipinski definition) is 3. The standard InChI is InChI=1S/C42H40N4O.Pt/c1-6-11-31-21-29(5)22-32(12-7-2)42(31)33-26-44-45(27-33)34-13-10-14-35(24-34)47-36-17-18-38-37-15-8-9-16-39(37)46(40(38)25-36)41-23-30(28(3)4)19-20-43-41;/h8-10,13-23,26-28H,6-7,11-12H2,1-5H3;/q-2;+2. The van der Waals surface area contributed by atoms with Gasteiger partial charge in [-0.1, -0.05) is 81.9 Å². The minimum absolute atomic E-state index is 0. The molecule has 0 unspecified atom stereocenters. The van der Waals surface area contributed by atoms with E-state index >= 15 is 0 Å². The van der Waals surface area contributed by atoms with Crippen LogP contribution in [-0.2, 0) is 33.9 Å². The number of nitrogens with zero attached hydrogens (tertiary/aromatic N) is 4. The van der Waals surface area contributed by atoms with E-state index in [-0.39, 0.29) is 21.1 Å². The maximum atomic E-state index is 6.42. The van der Waals surface area contributed by atoms with Crippen LogP contribution >= 0.6 is 0 Å². The van der Waals surface area contributed by atoms with Gasteiger partial charge in [0, 0.05) is 35.0 Å². The summed E-state index contributed by atoms with van der Waals surface area (Å²) in [5.74, 6) is 2.49. The fraction of sp³-hybridized carbons (Fsp3) is 0.238. The van der Waals surface area contributed by atoms with E-state index in [1.807, 2.05) is 41.3 Å². The van der Waals surface area contributed by atoms with E-state index in [1.54, 1.807) is 0 Å². The molecule has 0 spiro atoms. The van der Waals surface area contributed by atoms with Gasteiger partial charge in [-0.3, -0.25) is 4.68 Å². The normalized spacial score (nSPS) is 11.4. The molecule has 0 amide bonds. The Morgan fingerprint density at radius 3 is 2.31 bits per heavy atom. The van der Waals surface area contributed by atoms with Gasteiger partial charge in [0.2, 0.25) is 0 Å². The van der Waals surface area contributed by atoms with Crippen molar-refractivity contribution < 1.29 is 25.8 Å². The van der Waals surface area contributed by atoms with E-state index in [0.717, 1.165) is 64.6 Å². The largest absolute Gasteiger partial charge is 2.00 e. The molecule has 0 aliphatic rings. The number of pyridine rings is 1. The zero-order valence-corrected chi connectivity index (χ0v) is 30.4. The van der Waals surface area contributed by atoms with Gasteiger partial charge in [0.1, 0.15) is 5.82 Å². The van der Waals surface area contributed by atoms with Crippen LogP contribution in [0.2, 0.25) is 0 Å². The van der Waals surface area contributed by atoms with Crippen molar-refractivity contribution in [3.8, 4) is 34.1 Å². The van der Waals surface area contributed by atoms with Crippen LogP contribution in [0.3, 0.4) is 0 Å². The summed E-state index contributed by atoms with van der Waals surface area (Å²) in [6.45, 7) is 11.1. The van der Waals surface area contributed by atoms with Gasteiger partial charge in [0.25, 0.3) is 0 Å². The number of aromatic nitrogens is 4. The number of aryl methyl sites for hydroxylation is 3. The zero-order chi connectivity index (χ0) is 32.5. The number of para-hydroxylation sites is 1. The molecule has 0 bridgehead atoms. The van der Waals surface area contributed by atoms with Gasteiger partial charge in [0.05, 0.1) is 6.20 Å². The van der Waals surface area contributed by atoms with Crippen LogP contribution in [0.25, 0.3) is 44.4 Å². The van der Waals surface area contributed by atoms with Crippen LogP contribution in [0.4, 0.5) is 0 Å². The Hall–Kier alpha value is -4.47. The van der Waals surface area contributed by atoms with Gasteiger partial charge in [-0.05, 0) is 77.2 Å². The SMILES string of the molecule is CCCc1cc(C)cc(CCC)c1-c1cnn(-c2[c-]c(Oc3[c-]c4c(cc3)c3ccccc3n4-c3cc(C(C)C)ccn3)ccc2)c1.[Pt+2]. The molecule has 0 radical (unpaired) electrons. The number of fused-ring (bicyclic) bond motifs is 3. The molecule has 48 heavy (non-hydrogen) atoms. The summed E-state index contributed by atoms with van der Waals surface area (Å²) in [5, 5.41) is 7.04. The Morgan fingerprint density at radius 1 is 0.812 bits per heavy atom. The fourth-order valence-electron chi connectivity index (χ4n) is 6.66. The monoisotopic (exact) mass is 811 g/mol. The minimum atomic E-state index is 0. The molecule has 0 aliphatic carbocycles. The molecule has 0 aliphatic heterocycles. The first-order valence-corrected chi connectivity index (χ1v) is 16.7. The van der Waals surface area contributed by atoms with Crippen LogP contribution in [0.1, 0.15) is 68.7 Å². The zero-order valence-electron chi connectivity index (χ0n) is 28.2. The molecule has 0 atom stereocenters. The van der Waals surface area contributed by atoms with Crippen LogP contribution in [-0.4, -0.2) is 19.3 Å². The molecular formula is C42H40N4OPt.